The van der Waals surface area contributed by atoms with Crippen LogP contribution in [-0.2, 0) is 16.4 Å². The first-order valence-corrected chi connectivity index (χ1v) is 6.11. The highest BCUT2D eigenvalue weighted by atomic mass is 17.2. The van der Waals surface area contributed by atoms with Crippen LogP contribution in [0.2, 0.25) is 0 Å². The molecular formula is C14H22O2. The third-order valence-electron chi connectivity index (χ3n) is 2.55. The van der Waals surface area contributed by atoms with E-state index in [4.69, 9.17) is 9.78 Å². The summed E-state index contributed by atoms with van der Waals surface area (Å²) in [5.41, 5.74) is 1.14. The lowest BCUT2D eigenvalue weighted by Gasteiger charge is -2.10. The van der Waals surface area contributed by atoms with Crippen molar-refractivity contribution in [3.63, 3.8) is 0 Å². The predicted octanol–water partition coefficient (Wildman–Crippen LogP) is 3.96. The van der Waals surface area contributed by atoms with Gasteiger partial charge in [0, 0.05) is 0 Å². The van der Waals surface area contributed by atoms with E-state index in [0.717, 1.165) is 5.56 Å². The largest absolute Gasteiger partial charge is 0.236 e. The van der Waals surface area contributed by atoms with E-state index in [1.165, 1.54) is 19.3 Å². The third kappa shape index (κ3) is 5.89. The van der Waals surface area contributed by atoms with Crippen molar-refractivity contribution in [2.75, 3.05) is 6.61 Å². The predicted molar refractivity (Wildman–Crippen MR) is 65.9 cm³/mol. The zero-order valence-electron chi connectivity index (χ0n) is 10.3. The van der Waals surface area contributed by atoms with Crippen molar-refractivity contribution in [3.8, 4) is 0 Å². The van der Waals surface area contributed by atoms with Gasteiger partial charge in [0.15, 0.2) is 0 Å². The molecule has 1 rings (SSSR count). The fraction of sp³-hybridized carbons (Fsp3) is 0.571. The lowest BCUT2D eigenvalue weighted by atomic mass is 10.1. The van der Waals surface area contributed by atoms with E-state index in [1.54, 1.807) is 0 Å². The second-order valence-electron chi connectivity index (χ2n) is 4.28. The minimum Gasteiger partial charge on any atom is -0.236 e. The molecule has 0 fully saturated rings. The molecule has 1 aromatic rings. The number of unbranched alkanes of at least 4 members (excludes halogenated alkanes) is 1. The summed E-state index contributed by atoms with van der Waals surface area (Å²) in [7, 11) is 0. The zero-order chi connectivity index (χ0) is 11.6. The second-order valence-corrected chi connectivity index (χ2v) is 4.28. The maximum absolute atomic E-state index is 5.20. The average molecular weight is 222 g/mol. The van der Waals surface area contributed by atoms with Gasteiger partial charge in [-0.3, -0.25) is 0 Å². The van der Waals surface area contributed by atoms with Crippen LogP contribution in [0.3, 0.4) is 0 Å². The Morgan fingerprint density at radius 2 is 1.88 bits per heavy atom. The fourth-order valence-corrected chi connectivity index (χ4v) is 1.48. The van der Waals surface area contributed by atoms with Crippen molar-refractivity contribution >= 4 is 0 Å². The van der Waals surface area contributed by atoms with Crippen LogP contribution in [0, 0.1) is 5.92 Å². The average Bonchev–Trinajstić information content (AvgIpc) is 2.33. The molecule has 0 amide bonds. The van der Waals surface area contributed by atoms with Crippen LogP contribution < -0.4 is 0 Å². The Labute approximate surface area is 98.5 Å². The molecule has 0 aliphatic carbocycles. The van der Waals surface area contributed by atoms with Gasteiger partial charge in [0.2, 0.25) is 0 Å². The van der Waals surface area contributed by atoms with Crippen LogP contribution in [0.15, 0.2) is 30.3 Å². The van der Waals surface area contributed by atoms with Crippen molar-refractivity contribution in [2.45, 2.75) is 39.7 Å². The van der Waals surface area contributed by atoms with Crippen LogP contribution in [-0.4, -0.2) is 6.61 Å². The van der Waals surface area contributed by atoms with Gasteiger partial charge in [-0.25, -0.2) is 9.78 Å². The number of benzene rings is 1. The third-order valence-corrected chi connectivity index (χ3v) is 2.55. The minimum atomic E-state index is 0.529. The Hall–Kier alpha value is -0.860. The molecule has 0 aromatic heterocycles. The molecule has 0 spiro atoms. The first-order chi connectivity index (χ1) is 7.83. The second kappa shape index (κ2) is 8.31. The first-order valence-electron chi connectivity index (χ1n) is 6.11. The maximum atomic E-state index is 5.20. The standard InChI is InChI=1S/C14H22O2/c1-3-4-8-13(2)11-15-16-12-14-9-6-5-7-10-14/h5-7,9-10,13H,3-4,8,11-12H2,1-2H3. The molecule has 16 heavy (non-hydrogen) atoms. The van der Waals surface area contributed by atoms with E-state index < -0.39 is 0 Å². The molecular weight excluding hydrogens is 200 g/mol. The maximum Gasteiger partial charge on any atom is 0.107 e. The number of hydrogen-bond acceptors (Lipinski definition) is 2. The summed E-state index contributed by atoms with van der Waals surface area (Å²) in [6.45, 7) is 5.62. The van der Waals surface area contributed by atoms with E-state index >= 15 is 0 Å². The lowest BCUT2D eigenvalue weighted by molar-refractivity contribution is -0.309. The van der Waals surface area contributed by atoms with E-state index in [2.05, 4.69) is 13.8 Å². The van der Waals surface area contributed by atoms with Crippen molar-refractivity contribution < 1.29 is 9.78 Å². The van der Waals surface area contributed by atoms with Gasteiger partial charge in [0.1, 0.15) is 6.61 Å². The van der Waals surface area contributed by atoms with Crippen LogP contribution in [0.1, 0.15) is 38.7 Å². The smallest absolute Gasteiger partial charge is 0.107 e. The molecule has 2 heteroatoms. The Kier molecular flexibility index (Phi) is 6.86. The molecule has 90 valence electrons. The monoisotopic (exact) mass is 222 g/mol. The molecule has 0 radical (unpaired) electrons. The molecule has 0 bridgehead atoms. The molecule has 2 nitrogen and oxygen atoms in total. The molecule has 1 unspecified atom stereocenters. The molecule has 0 aliphatic rings. The van der Waals surface area contributed by atoms with Crippen LogP contribution in [0.25, 0.3) is 0 Å². The minimum absolute atomic E-state index is 0.529. The topological polar surface area (TPSA) is 18.5 Å². The summed E-state index contributed by atoms with van der Waals surface area (Å²) in [5.74, 6) is 0.579. The van der Waals surface area contributed by atoms with Gasteiger partial charge >= 0.3 is 0 Å². The lowest BCUT2D eigenvalue weighted by Crippen LogP contribution is -2.06. The molecule has 0 saturated heterocycles. The van der Waals surface area contributed by atoms with Crippen LogP contribution in [0.5, 0.6) is 0 Å². The van der Waals surface area contributed by atoms with Gasteiger partial charge in [-0.1, -0.05) is 57.0 Å². The van der Waals surface area contributed by atoms with Gasteiger partial charge in [-0.05, 0) is 17.9 Å². The Morgan fingerprint density at radius 1 is 1.12 bits per heavy atom. The Morgan fingerprint density at radius 3 is 2.56 bits per heavy atom. The van der Waals surface area contributed by atoms with Crippen LogP contribution in [0.4, 0.5) is 0 Å². The summed E-state index contributed by atoms with van der Waals surface area (Å²) in [5, 5.41) is 0. The van der Waals surface area contributed by atoms with Gasteiger partial charge < -0.3 is 0 Å². The van der Waals surface area contributed by atoms with Crippen molar-refractivity contribution in [1.29, 1.82) is 0 Å². The Balaban J connectivity index is 2.03. The number of hydrogen-bond donors (Lipinski definition) is 0. The highest BCUT2D eigenvalue weighted by Gasteiger charge is 2.02. The summed E-state index contributed by atoms with van der Waals surface area (Å²) >= 11 is 0. The van der Waals surface area contributed by atoms with Crippen LogP contribution >= 0.6 is 0 Å². The van der Waals surface area contributed by atoms with E-state index in [0.29, 0.717) is 19.1 Å². The molecule has 0 saturated carbocycles. The van der Waals surface area contributed by atoms with Gasteiger partial charge in [-0.15, -0.1) is 0 Å². The molecule has 0 heterocycles. The summed E-state index contributed by atoms with van der Waals surface area (Å²) < 4.78 is 0. The van der Waals surface area contributed by atoms with Gasteiger partial charge in [-0.2, -0.15) is 0 Å². The SMILES string of the molecule is CCCCC(C)COOCc1ccccc1. The Bertz CT molecular complexity index is 259. The quantitative estimate of drug-likeness (QED) is 0.376. The molecule has 0 aliphatic heterocycles. The number of rotatable bonds is 8. The summed E-state index contributed by atoms with van der Waals surface area (Å²) in [6, 6.07) is 10.1. The van der Waals surface area contributed by atoms with Crippen molar-refractivity contribution in [1.82, 2.24) is 0 Å². The normalized spacial score (nSPS) is 12.6. The van der Waals surface area contributed by atoms with E-state index in [-0.39, 0.29) is 0 Å². The molecule has 1 aromatic carbocycles. The highest BCUT2D eigenvalue weighted by molar-refractivity contribution is 5.13. The van der Waals surface area contributed by atoms with Gasteiger partial charge in [0.05, 0.1) is 6.61 Å². The molecule has 1 atom stereocenters. The zero-order valence-corrected chi connectivity index (χ0v) is 10.3. The summed E-state index contributed by atoms with van der Waals surface area (Å²) in [6.07, 6.45) is 3.73. The fourth-order valence-electron chi connectivity index (χ4n) is 1.48. The van der Waals surface area contributed by atoms with E-state index in [1.807, 2.05) is 30.3 Å². The highest BCUT2D eigenvalue weighted by Crippen LogP contribution is 2.08. The first kappa shape index (κ1) is 13.2. The van der Waals surface area contributed by atoms with Gasteiger partial charge in [0.25, 0.3) is 0 Å². The molecule has 0 N–H and O–H groups in total. The van der Waals surface area contributed by atoms with E-state index in [9.17, 15) is 0 Å². The summed E-state index contributed by atoms with van der Waals surface area (Å²) in [4.78, 5) is 10.4. The van der Waals surface area contributed by atoms with Crippen molar-refractivity contribution in [2.24, 2.45) is 5.92 Å². The van der Waals surface area contributed by atoms with Crippen molar-refractivity contribution in [3.05, 3.63) is 35.9 Å².